The van der Waals surface area contributed by atoms with E-state index in [0.717, 1.165) is 36.4 Å². The van der Waals surface area contributed by atoms with Crippen molar-refractivity contribution in [3.05, 3.63) is 70.8 Å². The Kier molecular flexibility index (Phi) is 4.86. The van der Waals surface area contributed by atoms with E-state index < -0.39 is 23.5 Å². The van der Waals surface area contributed by atoms with Gasteiger partial charge in [-0.15, -0.1) is 0 Å². The molecule has 0 saturated heterocycles. The Morgan fingerprint density at radius 2 is 1.42 bits per heavy atom. The first kappa shape index (κ1) is 17.8. The van der Waals surface area contributed by atoms with Crippen molar-refractivity contribution < 1.29 is 26.3 Å². The van der Waals surface area contributed by atoms with E-state index >= 15 is 0 Å². The molecule has 0 amide bonds. The van der Waals surface area contributed by atoms with E-state index in [4.69, 9.17) is 5.73 Å². The highest BCUT2D eigenvalue weighted by Gasteiger charge is 2.30. The number of halogens is 6. The molecule has 0 bridgehead atoms. The van der Waals surface area contributed by atoms with Crippen molar-refractivity contribution in [2.75, 3.05) is 0 Å². The van der Waals surface area contributed by atoms with Gasteiger partial charge in [0.25, 0.3) is 0 Å². The number of benzene rings is 2. The Morgan fingerprint density at radius 1 is 0.833 bits per heavy atom. The maximum atomic E-state index is 12.6. The maximum absolute atomic E-state index is 12.6. The SMILES string of the molecule is NC(=NCc1cccc(C(F)(F)F)c1)c1ccc(C(F)(F)F)cc1. The highest BCUT2D eigenvalue weighted by Crippen LogP contribution is 2.30. The molecule has 0 unspecified atom stereocenters. The van der Waals surface area contributed by atoms with Gasteiger partial charge in [0.2, 0.25) is 0 Å². The largest absolute Gasteiger partial charge is 0.416 e. The van der Waals surface area contributed by atoms with Gasteiger partial charge in [-0.25, -0.2) is 0 Å². The van der Waals surface area contributed by atoms with Gasteiger partial charge in [-0.05, 0) is 29.8 Å². The summed E-state index contributed by atoms with van der Waals surface area (Å²) in [7, 11) is 0. The number of rotatable bonds is 3. The Bertz CT molecular complexity index is 729. The van der Waals surface area contributed by atoms with Gasteiger partial charge < -0.3 is 5.73 Å². The van der Waals surface area contributed by atoms with Crippen LogP contribution in [0.15, 0.2) is 53.5 Å². The normalized spacial score (nSPS) is 13.2. The van der Waals surface area contributed by atoms with E-state index in [0.29, 0.717) is 5.56 Å². The van der Waals surface area contributed by atoms with Gasteiger partial charge >= 0.3 is 12.4 Å². The topological polar surface area (TPSA) is 38.4 Å². The van der Waals surface area contributed by atoms with E-state index in [1.165, 1.54) is 12.1 Å². The lowest BCUT2D eigenvalue weighted by molar-refractivity contribution is -0.138. The van der Waals surface area contributed by atoms with Crippen LogP contribution < -0.4 is 5.73 Å². The second-order valence-electron chi connectivity index (χ2n) is 4.97. The van der Waals surface area contributed by atoms with Crippen molar-refractivity contribution in [3.63, 3.8) is 0 Å². The smallest absolute Gasteiger partial charge is 0.383 e. The molecular formula is C16H12F6N2. The summed E-state index contributed by atoms with van der Waals surface area (Å²) in [4.78, 5) is 3.93. The third kappa shape index (κ3) is 4.50. The van der Waals surface area contributed by atoms with E-state index in [9.17, 15) is 26.3 Å². The summed E-state index contributed by atoms with van der Waals surface area (Å²) in [6.07, 6.45) is -8.92. The van der Waals surface area contributed by atoms with Crippen molar-refractivity contribution in [2.24, 2.45) is 10.7 Å². The Hall–Kier alpha value is -2.51. The molecule has 0 spiro atoms. The van der Waals surface area contributed by atoms with Crippen LogP contribution in [-0.4, -0.2) is 5.84 Å². The van der Waals surface area contributed by atoms with Crippen molar-refractivity contribution in [2.45, 2.75) is 18.9 Å². The highest BCUT2D eigenvalue weighted by atomic mass is 19.4. The van der Waals surface area contributed by atoms with Gasteiger partial charge in [0.05, 0.1) is 17.7 Å². The molecule has 24 heavy (non-hydrogen) atoms. The number of nitrogens with zero attached hydrogens (tertiary/aromatic N) is 1. The number of nitrogens with two attached hydrogens (primary N) is 1. The Labute approximate surface area is 133 Å². The summed E-state index contributed by atoms with van der Waals surface area (Å²) in [6.45, 7) is -0.114. The third-order valence-corrected chi connectivity index (χ3v) is 3.19. The van der Waals surface area contributed by atoms with Crippen molar-refractivity contribution >= 4 is 5.84 Å². The predicted octanol–water partition coefficient (Wildman–Crippen LogP) is 4.63. The van der Waals surface area contributed by atoms with Gasteiger partial charge in [0.1, 0.15) is 5.84 Å². The molecule has 0 aliphatic rings. The molecule has 0 saturated carbocycles. The van der Waals surface area contributed by atoms with E-state index in [1.807, 2.05) is 0 Å². The van der Waals surface area contributed by atoms with Crippen molar-refractivity contribution in [1.82, 2.24) is 0 Å². The van der Waals surface area contributed by atoms with Crippen LogP contribution in [0.25, 0.3) is 0 Å². The number of hydrogen-bond donors (Lipinski definition) is 1. The van der Waals surface area contributed by atoms with Gasteiger partial charge in [0, 0.05) is 5.56 Å². The van der Waals surface area contributed by atoms with E-state index in [-0.39, 0.29) is 17.9 Å². The fourth-order valence-electron chi connectivity index (χ4n) is 1.94. The summed E-state index contributed by atoms with van der Waals surface area (Å²) >= 11 is 0. The zero-order valence-corrected chi connectivity index (χ0v) is 12.1. The minimum atomic E-state index is -4.46. The van der Waals surface area contributed by atoms with Crippen LogP contribution in [0.2, 0.25) is 0 Å². The minimum absolute atomic E-state index is 0.0545. The van der Waals surface area contributed by atoms with E-state index in [1.54, 1.807) is 0 Å². The standard InChI is InChI=1S/C16H12F6N2/c17-15(18,19)12-6-4-11(5-7-12)14(23)24-9-10-2-1-3-13(8-10)16(20,21)22/h1-8H,9H2,(H2,23,24). The summed E-state index contributed by atoms with van der Waals surface area (Å²) in [6, 6.07) is 8.64. The van der Waals surface area contributed by atoms with Crippen LogP contribution in [-0.2, 0) is 18.9 Å². The second-order valence-corrected chi connectivity index (χ2v) is 4.97. The first-order valence-electron chi connectivity index (χ1n) is 6.71. The van der Waals surface area contributed by atoms with Gasteiger partial charge in [-0.3, -0.25) is 4.99 Å². The molecule has 2 nitrogen and oxygen atoms in total. The fraction of sp³-hybridized carbons (Fsp3) is 0.188. The molecule has 2 N–H and O–H groups in total. The molecule has 0 heterocycles. The lowest BCUT2D eigenvalue weighted by Gasteiger charge is -2.09. The average molecular weight is 346 g/mol. The molecule has 0 atom stereocenters. The number of aliphatic imine (C=N–C) groups is 1. The first-order valence-corrected chi connectivity index (χ1v) is 6.71. The molecule has 0 radical (unpaired) electrons. The van der Waals surface area contributed by atoms with Crippen LogP contribution in [0, 0.1) is 0 Å². The molecule has 8 heteroatoms. The highest BCUT2D eigenvalue weighted by molar-refractivity contribution is 5.97. The molecule has 0 aliphatic heterocycles. The lowest BCUT2D eigenvalue weighted by atomic mass is 10.1. The van der Waals surface area contributed by atoms with Gasteiger partial charge in [-0.2, -0.15) is 26.3 Å². The first-order chi connectivity index (χ1) is 11.1. The molecule has 0 fully saturated rings. The summed E-state index contributed by atoms with van der Waals surface area (Å²) in [5, 5.41) is 0. The van der Waals surface area contributed by atoms with Crippen LogP contribution >= 0.6 is 0 Å². The van der Waals surface area contributed by atoms with Crippen molar-refractivity contribution in [3.8, 4) is 0 Å². The maximum Gasteiger partial charge on any atom is 0.416 e. The number of hydrogen-bond acceptors (Lipinski definition) is 1. The molecule has 0 aliphatic carbocycles. The second kappa shape index (κ2) is 6.54. The molecule has 128 valence electrons. The van der Waals surface area contributed by atoms with Crippen LogP contribution in [0.4, 0.5) is 26.3 Å². The minimum Gasteiger partial charge on any atom is -0.383 e. The lowest BCUT2D eigenvalue weighted by Crippen LogP contribution is -2.14. The zero-order chi connectivity index (χ0) is 18.0. The van der Waals surface area contributed by atoms with Crippen LogP contribution in [0.1, 0.15) is 22.3 Å². The van der Waals surface area contributed by atoms with Crippen molar-refractivity contribution in [1.29, 1.82) is 0 Å². The molecule has 0 aromatic heterocycles. The summed E-state index contributed by atoms with van der Waals surface area (Å²) < 4.78 is 75.3. The van der Waals surface area contributed by atoms with Gasteiger partial charge in [0.15, 0.2) is 0 Å². The molecule has 2 rings (SSSR count). The monoisotopic (exact) mass is 346 g/mol. The predicted molar refractivity (Wildman–Crippen MR) is 77.3 cm³/mol. The number of amidine groups is 1. The molecule has 2 aromatic carbocycles. The molecular weight excluding hydrogens is 334 g/mol. The quantitative estimate of drug-likeness (QED) is 0.491. The van der Waals surface area contributed by atoms with E-state index in [2.05, 4.69) is 4.99 Å². The summed E-state index contributed by atoms with van der Waals surface area (Å²) in [5.74, 6) is -0.0545. The average Bonchev–Trinajstić information content (AvgIpc) is 2.51. The van der Waals surface area contributed by atoms with Gasteiger partial charge in [-0.1, -0.05) is 24.3 Å². The number of alkyl halides is 6. The Morgan fingerprint density at radius 3 is 1.96 bits per heavy atom. The summed E-state index contributed by atoms with van der Waals surface area (Å²) in [5.41, 5.74) is 4.60. The zero-order valence-electron chi connectivity index (χ0n) is 12.1. The third-order valence-electron chi connectivity index (χ3n) is 3.19. The molecule has 2 aromatic rings. The fourth-order valence-corrected chi connectivity index (χ4v) is 1.94. The Balaban J connectivity index is 2.15. The van der Waals surface area contributed by atoms with Crippen LogP contribution in [0.3, 0.4) is 0 Å². The van der Waals surface area contributed by atoms with Crippen LogP contribution in [0.5, 0.6) is 0 Å².